The lowest BCUT2D eigenvalue weighted by Gasteiger charge is -2.34. The SMILES string of the molecule is CC(C[C@H]1CCc2sc3ncnc(OC4CCC(N5CCCC5)CC4)c3c21)C(N)=O. The van der Waals surface area contributed by atoms with Gasteiger partial charge in [0.25, 0.3) is 0 Å². The van der Waals surface area contributed by atoms with Crippen LogP contribution in [0.1, 0.15) is 74.6 Å². The zero-order chi connectivity index (χ0) is 20.7. The molecule has 2 aromatic heterocycles. The molecular weight excluding hydrogens is 396 g/mol. The number of ether oxygens (including phenoxy) is 1. The largest absolute Gasteiger partial charge is 0.474 e. The summed E-state index contributed by atoms with van der Waals surface area (Å²) in [4.78, 5) is 25.8. The zero-order valence-corrected chi connectivity index (χ0v) is 18.6. The van der Waals surface area contributed by atoms with E-state index in [-0.39, 0.29) is 17.9 Å². The second-order valence-corrected chi connectivity index (χ2v) is 10.4. The second kappa shape index (κ2) is 8.42. The number of rotatable bonds is 6. The monoisotopic (exact) mass is 428 g/mol. The molecule has 30 heavy (non-hydrogen) atoms. The van der Waals surface area contributed by atoms with Crippen molar-refractivity contribution in [3.63, 3.8) is 0 Å². The standard InChI is InChI=1S/C23H32N4O2S/c1-14(21(24)28)12-15-4-9-18-19(15)20-22(25-13-26-23(20)30-18)29-17-7-5-16(6-8-17)27-10-2-3-11-27/h13-17H,2-12H2,1H3,(H2,24,28)/t14?,15-,16?,17?/m1/s1. The Morgan fingerprint density at radius 1 is 1.23 bits per heavy atom. The van der Waals surface area contributed by atoms with Gasteiger partial charge in [0.2, 0.25) is 11.8 Å². The van der Waals surface area contributed by atoms with Crippen LogP contribution in [0.4, 0.5) is 0 Å². The predicted molar refractivity (Wildman–Crippen MR) is 119 cm³/mol. The number of fused-ring (bicyclic) bond motifs is 3. The van der Waals surface area contributed by atoms with Crippen LogP contribution in [-0.2, 0) is 11.2 Å². The average molecular weight is 429 g/mol. The van der Waals surface area contributed by atoms with Gasteiger partial charge < -0.3 is 15.4 Å². The number of amides is 1. The summed E-state index contributed by atoms with van der Waals surface area (Å²) in [6.45, 7) is 4.48. The number of aryl methyl sites for hydroxylation is 1. The van der Waals surface area contributed by atoms with Crippen molar-refractivity contribution in [1.29, 1.82) is 0 Å². The number of aromatic nitrogens is 2. The second-order valence-electron chi connectivity index (χ2n) is 9.36. The van der Waals surface area contributed by atoms with E-state index in [0.29, 0.717) is 5.92 Å². The Morgan fingerprint density at radius 3 is 2.73 bits per heavy atom. The van der Waals surface area contributed by atoms with E-state index in [2.05, 4.69) is 14.9 Å². The molecule has 1 unspecified atom stereocenters. The van der Waals surface area contributed by atoms with Gasteiger partial charge in [0.1, 0.15) is 17.3 Å². The molecule has 0 bridgehead atoms. The van der Waals surface area contributed by atoms with Crippen molar-refractivity contribution < 1.29 is 9.53 Å². The van der Waals surface area contributed by atoms with Gasteiger partial charge in [-0.05, 0) is 82.4 Å². The van der Waals surface area contributed by atoms with E-state index in [1.54, 1.807) is 17.7 Å². The summed E-state index contributed by atoms with van der Waals surface area (Å²) in [5.41, 5.74) is 6.87. The molecule has 3 heterocycles. The highest BCUT2D eigenvalue weighted by molar-refractivity contribution is 7.19. The van der Waals surface area contributed by atoms with Crippen LogP contribution in [0, 0.1) is 5.92 Å². The minimum atomic E-state index is -0.217. The maximum atomic E-state index is 11.6. The molecule has 1 aliphatic heterocycles. The minimum Gasteiger partial charge on any atom is -0.474 e. The van der Waals surface area contributed by atoms with Gasteiger partial charge in [0.05, 0.1) is 5.39 Å². The van der Waals surface area contributed by atoms with Crippen LogP contribution in [0.2, 0.25) is 0 Å². The van der Waals surface area contributed by atoms with Gasteiger partial charge in [-0.1, -0.05) is 6.92 Å². The van der Waals surface area contributed by atoms with Gasteiger partial charge in [-0.25, -0.2) is 9.97 Å². The topological polar surface area (TPSA) is 81.3 Å². The molecule has 0 spiro atoms. The van der Waals surface area contributed by atoms with Gasteiger partial charge in [0, 0.05) is 16.8 Å². The molecule has 6 nitrogen and oxygen atoms in total. The molecule has 0 radical (unpaired) electrons. The molecule has 2 fully saturated rings. The van der Waals surface area contributed by atoms with E-state index in [1.165, 1.54) is 49.2 Å². The molecule has 1 amide bonds. The van der Waals surface area contributed by atoms with E-state index < -0.39 is 0 Å². The first-order valence-electron chi connectivity index (χ1n) is 11.6. The van der Waals surface area contributed by atoms with Crippen LogP contribution in [0.15, 0.2) is 6.33 Å². The predicted octanol–water partition coefficient (Wildman–Crippen LogP) is 4.02. The molecule has 3 aliphatic rings. The van der Waals surface area contributed by atoms with Crippen molar-refractivity contribution in [3.05, 3.63) is 16.8 Å². The zero-order valence-electron chi connectivity index (χ0n) is 17.8. The maximum Gasteiger partial charge on any atom is 0.225 e. The Balaban J connectivity index is 1.34. The highest BCUT2D eigenvalue weighted by Crippen LogP contribution is 2.48. The van der Waals surface area contributed by atoms with Crippen LogP contribution in [-0.4, -0.2) is 46.0 Å². The van der Waals surface area contributed by atoms with Crippen molar-refractivity contribution in [2.75, 3.05) is 13.1 Å². The normalized spacial score (nSPS) is 28.0. The van der Waals surface area contributed by atoms with E-state index in [1.807, 2.05) is 6.92 Å². The minimum absolute atomic E-state index is 0.120. The van der Waals surface area contributed by atoms with Crippen molar-refractivity contribution in [3.8, 4) is 5.88 Å². The van der Waals surface area contributed by atoms with Crippen LogP contribution >= 0.6 is 11.3 Å². The summed E-state index contributed by atoms with van der Waals surface area (Å²) in [7, 11) is 0. The van der Waals surface area contributed by atoms with E-state index in [0.717, 1.165) is 54.2 Å². The fourth-order valence-corrected chi connectivity index (χ4v) is 6.93. The number of nitrogens with zero attached hydrogens (tertiary/aromatic N) is 3. The first kappa shape index (κ1) is 20.2. The summed E-state index contributed by atoms with van der Waals surface area (Å²) < 4.78 is 6.51. The Labute approximate surface area is 182 Å². The molecule has 1 saturated heterocycles. The average Bonchev–Trinajstić information content (AvgIpc) is 3.46. The van der Waals surface area contributed by atoms with Crippen LogP contribution < -0.4 is 10.5 Å². The fraction of sp³-hybridized carbons (Fsp3) is 0.696. The Hall–Kier alpha value is -1.73. The first-order valence-corrected chi connectivity index (χ1v) is 12.4. The highest BCUT2D eigenvalue weighted by atomic mass is 32.1. The lowest BCUT2D eigenvalue weighted by atomic mass is 9.90. The van der Waals surface area contributed by atoms with Crippen LogP contribution in [0.3, 0.4) is 0 Å². The third kappa shape index (κ3) is 3.82. The Kier molecular flexibility index (Phi) is 5.67. The highest BCUT2D eigenvalue weighted by Gasteiger charge is 2.33. The fourth-order valence-electron chi connectivity index (χ4n) is 5.70. The molecule has 2 atom stereocenters. The number of nitrogens with two attached hydrogens (primary N) is 1. The van der Waals surface area contributed by atoms with Gasteiger partial charge in [-0.15, -0.1) is 11.3 Å². The van der Waals surface area contributed by atoms with Crippen LogP contribution in [0.25, 0.3) is 10.2 Å². The lowest BCUT2D eigenvalue weighted by molar-refractivity contribution is -0.121. The Bertz CT molecular complexity index is 915. The molecular formula is C23H32N4O2S. The van der Waals surface area contributed by atoms with Gasteiger partial charge in [-0.2, -0.15) is 0 Å². The molecule has 0 aromatic carbocycles. The number of carbonyl (C=O) groups is 1. The molecule has 162 valence electrons. The van der Waals surface area contributed by atoms with Crippen molar-refractivity contribution in [2.24, 2.45) is 11.7 Å². The number of hydrogen-bond acceptors (Lipinski definition) is 6. The molecule has 2 aliphatic carbocycles. The number of likely N-dealkylation sites (tertiary alicyclic amines) is 1. The molecule has 2 N–H and O–H groups in total. The molecule has 5 rings (SSSR count). The maximum absolute atomic E-state index is 11.6. The number of thiophene rings is 1. The van der Waals surface area contributed by atoms with E-state index >= 15 is 0 Å². The summed E-state index contributed by atoms with van der Waals surface area (Å²) in [6.07, 6.45) is 12.1. The molecule has 2 aromatic rings. The third-order valence-electron chi connectivity index (χ3n) is 7.40. The van der Waals surface area contributed by atoms with Crippen molar-refractivity contribution in [2.45, 2.75) is 82.8 Å². The van der Waals surface area contributed by atoms with Crippen molar-refractivity contribution >= 4 is 27.5 Å². The summed E-state index contributed by atoms with van der Waals surface area (Å²) in [6, 6.07) is 0.739. The third-order valence-corrected chi connectivity index (χ3v) is 8.57. The van der Waals surface area contributed by atoms with E-state index in [9.17, 15) is 4.79 Å². The van der Waals surface area contributed by atoms with Gasteiger partial charge in [0.15, 0.2) is 0 Å². The summed E-state index contributed by atoms with van der Waals surface area (Å²) >= 11 is 1.77. The van der Waals surface area contributed by atoms with Crippen LogP contribution in [0.5, 0.6) is 5.88 Å². The molecule has 1 saturated carbocycles. The number of hydrogen-bond donors (Lipinski definition) is 1. The Morgan fingerprint density at radius 2 is 2.00 bits per heavy atom. The van der Waals surface area contributed by atoms with E-state index in [4.69, 9.17) is 10.5 Å². The quantitative estimate of drug-likeness (QED) is 0.752. The first-order chi connectivity index (χ1) is 14.6. The smallest absolute Gasteiger partial charge is 0.225 e. The van der Waals surface area contributed by atoms with Gasteiger partial charge in [-0.3, -0.25) is 4.79 Å². The number of carbonyl (C=O) groups excluding carboxylic acids is 1. The number of primary amides is 1. The summed E-state index contributed by atoms with van der Waals surface area (Å²) in [5, 5.41) is 1.10. The summed E-state index contributed by atoms with van der Waals surface area (Å²) in [5.74, 6) is 0.757. The van der Waals surface area contributed by atoms with Crippen molar-refractivity contribution in [1.82, 2.24) is 14.9 Å². The van der Waals surface area contributed by atoms with Gasteiger partial charge >= 0.3 is 0 Å². The lowest BCUT2D eigenvalue weighted by Crippen LogP contribution is -2.38. The molecule has 7 heteroatoms.